The minimum absolute atomic E-state index is 0.908. The summed E-state index contributed by atoms with van der Waals surface area (Å²) in [7, 11) is 0. The molecule has 9 rings (SSSR count). The average molecular weight is 579 g/mol. The average Bonchev–Trinajstić information content (AvgIpc) is 3.66. The van der Waals surface area contributed by atoms with Crippen molar-refractivity contribution in [1.29, 1.82) is 0 Å². The Morgan fingerprint density at radius 3 is 1.77 bits per heavy atom. The van der Waals surface area contributed by atoms with Gasteiger partial charge in [0.05, 0.1) is 0 Å². The lowest BCUT2D eigenvalue weighted by molar-refractivity contribution is 0.670. The lowest BCUT2D eigenvalue weighted by atomic mass is 9.96. The fourth-order valence-electron chi connectivity index (χ4n) is 6.46. The zero-order valence-electron chi connectivity index (χ0n) is 23.8. The van der Waals surface area contributed by atoms with Gasteiger partial charge in [0, 0.05) is 36.5 Å². The third-order valence-electron chi connectivity index (χ3n) is 8.71. The molecule has 0 unspecified atom stereocenters. The van der Waals surface area contributed by atoms with Crippen LogP contribution in [0.2, 0.25) is 0 Å². The molecular formula is C42H26OS. The Hall–Kier alpha value is -5.44. The number of benzene rings is 7. The molecule has 0 spiro atoms. The fraction of sp³-hybridized carbons (Fsp3) is 0. The maximum Gasteiger partial charge on any atom is 0.143 e. The van der Waals surface area contributed by atoms with Crippen LogP contribution >= 0.6 is 11.3 Å². The van der Waals surface area contributed by atoms with Crippen LogP contribution in [0.15, 0.2) is 162 Å². The van der Waals surface area contributed by atoms with Crippen molar-refractivity contribution in [3.63, 3.8) is 0 Å². The van der Waals surface area contributed by atoms with E-state index in [-0.39, 0.29) is 0 Å². The zero-order valence-corrected chi connectivity index (χ0v) is 24.6. The van der Waals surface area contributed by atoms with Gasteiger partial charge >= 0.3 is 0 Å². The Labute approximate surface area is 259 Å². The molecule has 0 aliphatic carbocycles. The van der Waals surface area contributed by atoms with Gasteiger partial charge in [-0.05, 0) is 75.3 Å². The number of thiophene rings is 1. The molecule has 9 aromatic rings. The van der Waals surface area contributed by atoms with E-state index in [2.05, 4.69) is 158 Å². The number of para-hydroxylation sites is 1. The van der Waals surface area contributed by atoms with Crippen molar-refractivity contribution in [3.8, 4) is 44.5 Å². The van der Waals surface area contributed by atoms with E-state index in [9.17, 15) is 0 Å². The molecule has 0 saturated carbocycles. The maximum atomic E-state index is 6.55. The van der Waals surface area contributed by atoms with E-state index in [1.807, 2.05) is 11.3 Å². The Morgan fingerprint density at radius 2 is 0.909 bits per heavy atom. The molecule has 0 atom stereocenters. The molecular weight excluding hydrogens is 553 g/mol. The van der Waals surface area contributed by atoms with Gasteiger partial charge in [0.2, 0.25) is 0 Å². The first kappa shape index (κ1) is 25.1. The molecule has 0 fully saturated rings. The number of furan rings is 1. The van der Waals surface area contributed by atoms with Gasteiger partial charge in [0.1, 0.15) is 11.2 Å². The molecule has 7 aromatic carbocycles. The van der Waals surface area contributed by atoms with Gasteiger partial charge in [-0.15, -0.1) is 11.3 Å². The predicted molar refractivity (Wildman–Crippen MR) is 188 cm³/mol. The van der Waals surface area contributed by atoms with Crippen molar-refractivity contribution in [1.82, 2.24) is 0 Å². The topological polar surface area (TPSA) is 13.1 Å². The van der Waals surface area contributed by atoms with Crippen molar-refractivity contribution in [2.45, 2.75) is 0 Å². The lowest BCUT2D eigenvalue weighted by Gasteiger charge is -2.08. The summed E-state index contributed by atoms with van der Waals surface area (Å²) in [5, 5.41) is 4.89. The monoisotopic (exact) mass is 578 g/mol. The van der Waals surface area contributed by atoms with Gasteiger partial charge in [-0.2, -0.15) is 0 Å². The first-order valence-corrected chi connectivity index (χ1v) is 15.7. The van der Waals surface area contributed by atoms with E-state index in [4.69, 9.17) is 4.42 Å². The number of hydrogen-bond donors (Lipinski definition) is 0. The summed E-state index contributed by atoms with van der Waals surface area (Å²) in [5.41, 5.74) is 11.4. The molecule has 2 heteroatoms. The van der Waals surface area contributed by atoms with Crippen LogP contribution in [0, 0.1) is 0 Å². The first-order chi connectivity index (χ1) is 21.8. The molecule has 2 heterocycles. The Morgan fingerprint density at radius 1 is 0.341 bits per heavy atom. The SMILES string of the molecule is c1ccc(-c2ccc(-c3cccc(-c4ccc5oc6c(-c7ccc8sc9ccccc9c8c7)cccc6c5c4)c3)cc2)cc1. The molecule has 0 saturated heterocycles. The van der Waals surface area contributed by atoms with Crippen LogP contribution in [0.1, 0.15) is 0 Å². The van der Waals surface area contributed by atoms with Crippen molar-refractivity contribution < 1.29 is 4.42 Å². The number of rotatable bonds is 4. The quantitative estimate of drug-likeness (QED) is 0.202. The molecule has 0 N–H and O–H groups in total. The zero-order chi connectivity index (χ0) is 29.0. The summed E-state index contributed by atoms with van der Waals surface area (Å²) in [6.45, 7) is 0. The van der Waals surface area contributed by atoms with E-state index in [1.54, 1.807) is 0 Å². The summed E-state index contributed by atoms with van der Waals surface area (Å²) >= 11 is 1.85. The van der Waals surface area contributed by atoms with Gasteiger partial charge in [-0.25, -0.2) is 0 Å². The van der Waals surface area contributed by atoms with E-state index < -0.39 is 0 Å². The highest BCUT2D eigenvalue weighted by Gasteiger charge is 2.15. The van der Waals surface area contributed by atoms with Crippen LogP contribution in [-0.4, -0.2) is 0 Å². The van der Waals surface area contributed by atoms with Gasteiger partial charge in [-0.1, -0.05) is 121 Å². The molecule has 2 aromatic heterocycles. The van der Waals surface area contributed by atoms with Crippen molar-refractivity contribution >= 4 is 53.4 Å². The van der Waals surface area contributed by atoms with Crippen LogP contribution in [0.3, 0.4) is 0 Å². The molecule has 0 aliphatic rings. The van der Waals surface area contributed by atoms with Crippen LogP contribution in [0.5, 0.6) is 0 Å². The molecule has 0 amide bonds. The van der Waals surface area contributed by atoms with Gasteiger partial charge < -0.3 is 4.42 Å². The minimum Gasteiger partial charge on any atom is -0.455 e. The summed E-state index contributed by atoms with van der Waals surface area (Å²) in [5.74, 6) is 0. The van der Waals surface area contributed by atoms with E-state index in [0.717, 1.165) is 27.5 Å². The fourth-order valence-corrected chi connectivity index (χ4v) is 7.55. The summed E-state index contributed by atoms with van der Waals surface area (Å²) < 4.78 is 9.19. The lowest BCUT2D eigenvalue weighted by Crippen LogP contribution is -1.83. The van der Waals surface area contributed by atoms with Crippen LogP contribution in [0.25, 0.3) is 86.6 Å². The van der Waals surface area contributed by atoms with Gasteiger partial charge in [-0.3, -0.25) is 0 Å². The minimum atomic E-state index is 0.908. The standard InChI is InChI=1S/C42H26OS/c1-2-8-27(9-3-1)28-16-18-29(19-17-28)30-10-6-11-31(24-30)32-20-22-39-37(25-32)36-14-7-13-34(42(36)43-39)33-21-23-41-38(26-33)35-12-4-5-15-40(35)44-41/h1-26H. The van der Waals surface area contributed by atoms with Gasteiger partial charge in [0.25, 0.3) is 0 Å². The molecule has 206 valence electrons. The van der Waals surface area contributed by atoms with E-state index in [1.165, 1.54) is 59.1 Å². The number of hydrogen-bond acceptors (Lipinski definition) is 2. The highest BCUT2D eigenvalue weighted by molar-refractivity contribution is 7.25. The third-order valence-corrected chi connectivity index (χ3v) is 9.86. The van der Waals surface area contributed by atoms with Crippen LogP contribution in [0.4, 0.5) is 0 Å². The predicted octanol–water partition coefficient (Wildman–Crippen LogP) is 12.6. The summed E-state index contributed by atoms with van der Waals surface area (Å²) in [6, 6.07) is 56.7. The summed E-state index contributed by atoms with van der Waals surface area (Å²) in [6.07, 6.45) is 0. The normalized spacial score (nSPS) is 11.6. The van der Waals surface area contributed by atoms with Crippen molar-refractivity contribution in [2.24, 2.45) is 0 Å². The molecule has 0 bridgehead atoms. The smallest absolute Gasteiger partial charge is 0.143 e. The molecule has 1 nitrogen and oxygen atoms in total. The second-order valence-corrected chi connectivity index (χ2v) is 12.4. The molecule has 0 aliphatic heterocycles. The Bertz CT molecular complexity index is 2480. The highest BCUT2D eigenvalue weighted by atomic mass is 32.1. The van der Waals surface area contributed by atoms with E-state index >= 15 is 0 Å². The van der Waals surface area contributed by atoms with Crippen LogP contribution in [-0.2, 0) is 0 Å². The Balaban J connectivity index is 1.10. The largest absolute Gasteiger partial charge is 0.455 e. The van der Waals surface area contributed by atoms with Crippen molar-refractivity contribution in [3.05, 3.63) is 158 Å². The third kappa shape index (κ3) is 4.15. The first-order valence-electron chi connectivity index (χ1n) is 14.9. The maximum absolute atomic E-state index is 6.55. The Kier molecular flexibility index (Phi) is 5.75. The van der Waals surface area contributed by atoms with Crippen molar-refractivity contribution in [2.75, 3.05) is 0 Å². The van der Waals surface area contributed by atoms with Gasteiger partial charge in [0.15, 0.2) is 0 Å². The number of fused-ring (bicyclic) bond motifs is 6. The molecule has 0 radical (unpaired) electrons. The van der Waals surface area contributed by atoms with E-state index in [0.29, 0.717) is 0 Å². The second-order valence-electron chi connectivity index (χ2n) is 11.3. The second kappa shape index (κ2) is 10.1. The molecule has 44 heavy (non-hydrogen) atoms. The highest BCUT2D eigenvalue weighted by Crippen LogP contribution is 2.41. The summed E-state index contributed by atoms with van der Waals surface area (Å²) in [4.78, 5) is 0. The van der Waals surface area contributed by atoms with Crippen LogP contribution < -0.4 is 0 Å².